The number of pyridine rings is 1. The zero-order valence-electron chi connectivity index (χ0n) is 10.8. The molecule has 6 heteroatoms. The number of carbonyl (C=O) groups excluding carboxylic acids is 1. The Morgan fingerprint density at radius 2 is 2.16 bits per heavy atom. The standard InChI is InChI=1S/C13H18ClN3O2/c1-8(18)9-4-6-17(7-5-9)13(19)12-10(14)2-3-11(15)16-12/h2-3,8-9,18H,4-7H2,1H3,(H2,15,16). The molecule has 2 heterocycles. The van der Waals surface area contributed by atoms with Crippen LogP contribution < -0.4 is 5.73 Å². The number of likely N-dealkylation sites (tertiary alicyclic amines) is 1. The fourth-order valence-corrected chi connectivity index (χ4v) is 2.53. The largest absolute Gasteiger partial charge is 0.393 e. The SMILES string of the molecule is CC(O)C1CCN(C(=O)c2nc(N)ccc2Cl)CC1. The molecule has 5 nitrogen and oxygen atoms in total. The number of piperidine rings is 1. The summed E-state index contributed by atoms with van der Waals surface area (Å²) in [5.74, 6) is 0.348. The molecule has 0 bridgehead atoms. The van der Waals surface area contributed by atoms with Gasteiger partial charge in [0.15, 0.2) is 0 Å². The molecule has 0 aromatic carbocycles. The third-order valence-corrected chi connectivity index (χ3v) is 3.88. The number of aliphatic hydroxyl groups excluding tert-OH is 1. The number of nitrogens with zero attached hydrogens (tertiary/aromatic N) is 2. The third-order valence-electron chi connectivity index (χ3n) is 3.58. The van der Waals surface area contributed by atoms with Crippen molar-refractivity contribution in [3.8, 4) is 0 Å². The lowest BCUT2D eigenvalue weighted by Gasteiger charge is -2.33. The first kappa shape index (κ1) is 14.1. The van der Waals surface area contributed by atoms with Crippen LogP contribution in [-0.2, 0) is 0 Å². The van der Waals surface area contributed by atoms with Crippen molar-refractivity contribution >= 4 is 23.3 Å². The average molecular weight is 284 g/mol. The van der Waals surface area contributed by atoms with Gasteiger partial charge in [0.2, 0.25) is 0 Å². The molecule has 0 spiro atoms. The molecule has 3 N–H and O–H groups in total. The second-order valence-electron chi connectivity index (χ2n) is 4.94. The first-order valence-electron chi connectivity index (χ1n) is 6.38. The van der Waals surface area contributed by atoms with Crippen LogP contribution in [0.4, 0.5) is 5.82 Å². The van der Waals surface area contributed by atoms with E-state index in [4.69, 9.17) is 17.3 Å². The topological polar surface area (TPSA) is 79.5 Å². The fraction of sp³-hybridized carbons (Fsp3) is 0.538. The highest BCUT2D eigenvalue weighted by Crippen LogP contribution is 2.23. The van der Waals surface area contributed by atoms with Gasteiger partial charge in [0.05, 0.1) is 11.1 Å². The van der Waals surface area contributed by atoms with Gasteiger partial charge in [-0.05, 0) is 37.8 Å². The maximum Gasteiger partial charge on any atom is 0.274 e. The Hall–Kier alpha value is -1.33. The molecule has 19 heavy (non-hydrogen) atoms. The number of hydrogen-bond acceptors (Lipinski definition) is 4. The Bertz CT molecular complexity index is 471. The number of amides is 1. The lowest BCUT2D eigenvalue weighted by molar-refractivity contribution is 0.0517. The summed E-state index contributed by atoms with van der Waals surface area (Å²) in [5, 5.41) is 9.86. The Morgan fingerprint density at radius 3 is 2.74 bits per heavy atom. The van der Waals surface area contributed by atoms with E-state index >= 15 is 0 Å². The van der Waals surface area contributed by atoms with E-state index in [-0.39, 0.29) is 29.4 Å². The van der Waals surface area contributed by atoms with Gasteiger partial charge in [-0.2, -0.15) is 0 Å². The van der Waals surface area contributed by atoms with E-state index in [1.54, 1.807) is 24.0 Å². The maximum atomic E-state index is 12.3. The van der Waals surface area contributed by atoms with Gasteiger partial charge in [-0.15, -0.1) is 0 Å². The molecule has 0 aliphatic carbocycles. The first-order valence-corrected chi connectivity index (χ1v) is 6.76. The van der Waals surface area contributed by atoms with Gasteiger partial charge in [-0.3, -0.25) is 4.79 Å². The van der Waals surface area contributed by atoms with Gasteiger partial charge in [-0.1, -0.05) is 11.6 Å². The summed E-state index contributed by atoms with van der Waals surface area (Å²) in [4.78, 5) is 18.0. The highest BCUT2D eigenvalue weighted by molar-refractivity contribution is 6.33. The molecule has 1 aromatic heterocycles. The molecule has 1 aromatic rings. The summed E-state index contributed by atoms with van der Waals surface area (Å²) in [7, 11) is 0. The number of anilines is 1. The number of nitrogens with two attached hydrogens (primary N) is 1. The van der Waals surface area contributed by atoms with Crippen LogP contribution in [0.5, 0.6) is 0 Å². The Morgan fingerprint density at radius 1 is 1.53 bits per heavy atom. The molecule has 1 aliphatic heterocycles. The third kappa shape index (κ3) is 3.16. The van der Waals surface area contributed by atoms with Crippen molar-refractivity contribution in [2.45, 2.75) is 25.9 Å². The van der Waals surface area contributed by atoms with Crippen molar-refractivity contribution in [1.82, 2.24) is 9.88 Å². The van der Waals surface area contributed by atoms with Gasteiger partial charge in [0.25, 0.3) is 5.91 Å². The van der Waals surface area contributed by atoms with E-state index < -0.39 is 0 Å². The Labute approximate surface area is 117 Å². The Balaban J connectivity index is 2.07. The van der Waals surface area contributed by atoms with Crippen molar-refractivity contribution in [2.75, 3.05) is 18.8 Å². The van der Waals surface area contributed by atoms with E-state index in [0.29, 0.717) is 18.1 Å². The van der Waals surface area contributed by atoms with E-state index in [1.165, 1.54) is 0 Å². The molecule has 1 aliphatic rings. The van der Waals surface area contributed by atoms with Crippen LogP contribution in [0.15, 0.2) is 12.1 Å². The monoisotopic (exact) mass is 283 g/mol. The van der Waals surface area contributed by atoms with Crippen LogP contribution in [0.25, 0.3) is 0 Å². The molecular formula is C13H18ClN3O2. The molecule has 0 saturated carbocycles. The summed E-state index contributed by atoms with van der Waals surface area (Å²) < 4.78 is 0. The minimum atomic E-state index is -0.327. The zero-order valence-corrected chi connectivity index (χ0v) is 11.6. The summed E-state index contributed by atoms with van der Waals surface area (Å²) >= 11 is 5.98. The fourth-order valence-electron chi connectivity index (χ4n) is 2.34. The van der Waals surface area contributed by atoms with Crippen molar-refractivity contribution in [2.24, 2.45) is 5.92 Å². The summed E-state index contributed by atoms with van der Waals surface area (Å²) in [6.07, 6.45) is 1.26. The minimum Gasteiger partial charge on any atom is -0.393 e. The number of halogens is 1. The van der Waals surface area contributed by atoms with E-state index in [9.17, 15) is 9.90 Å². The number of carbonyl (C=O) groups is 1. The molecule has 104 valence electrons. The summed E-state index contributed by atoms with van der Waals surface area (Å²) in [6, 6.07) is 3.15. The molecule has 2 rings (SSSR count). The van der Waals surface area contributed by atoms with Crippen molar-refractivity contribution in [1.29, 1.82) is 0 Å². The molecular weight excluding hydrogens is 266 g/mol. The molecule has 0 radical (unpaired) electrons. The number of hydrogen-bond donors (Lipinski definition) is 2. The van der Waals surface area contributed by atoms with Crippen LogP contribution in [0.3, 0.4) is 0 Å². The predicted molar refractivity (Wildman–Crippen MR) is 74.0 cm³/mol. The summed E-state index contributed by atoms with van der Waals surface area (Å²) in [5.41, 5.74) is 5.79. The van der Waals surface area contributed by atoms with Gasteiger partial charge < -0.3 is 15.7 Å². The second kappa shape index (κ2) is 5.75. The number of aliphatic hydroxyl groups is 1. The highest BCUT2D eigenvalue weighted by Gasteiger charge is 2.27. The van der Waals surface area contributed by atoms with E-state index in [1.807, 2.05) is 0 Å². The lowest BCUT2D eigenvalue weighted by Crippen LogP contribution is -2.41. The molecule has 1 saturated heterocycles. The van der Waals surface area contributed by atoms with Crippen LogP contribution in [0.2, 0.25) is 5.02 Å². The summed E-state index contributed by atoms with van der Waals surface area (Å²) in [6.45, 7) is 3.01. The van der Waals surface area contributed by atoms with Crippen LogP contribution in [-0.4, -0.2) is 40.1 Å². The van der Waals surface area contributed by atoms with Crippen LogP contribution in [0.1, 0.15) is 30.3 Å². The normalized spacial score (nSPS) is 18.4. The number of rotatable bonds is 2. The van der Waals surface area contributed by atoms with Gasteiger partial charge in [-0.25, -0.2) is 4.98 Å². The molecule has 1 fully saturated rings. The van der Waals surface area contributed by atoms with Gasteiger partial charge in [0, 0.05) is 13.1 Å². The van der Waals surface area contributed by atoms with E-state index in [0.717, 1.165) is 12.8 Å². The molecule has 1 atom stereocenters. The number of aromatic nitrogens is 1. The van der Waals surface area contributed by atoms with E-state index in [2.05, 4.69) is 4.98 Å². The highest BCUT2D eigenvalue weighted by atomic mass is 35.5. The van der Waals surface area contributed by atoms with Crippen molar-refractivity contribution in [3.05, 3.63) is 22.8 Å². The van der Waals surface area contributed by atoms with Gasteiger partial charge in [0.1, 0.15) is 11.5 Å². The average Bonchev–Trinajstić information content (AvgIpc) is 2.41. The van der Waals surface area contributed by atoms with Gasteiger partial charge >= 0.3 is 0 Å². The Kier molecular flexibility index (Phi) is 4.27. The smallest absolute Gasteiger partial charge is 0.274 e. The predicted octanol–water partition coefficient (Wildman–Crippen LogP) is 1.55. The lowest BCUT2D eigenvalue weighted by atomic mass is 9.92. The van der Waals surface area contributed by atoms with Crippen LogP contribution in [0, 0.1) is 5.92 Å². The minimum absolute atomic E-state index is 0.193. The second-order valence-corrected chi connectivity index (χ2v) is 5.34. The molecule has 1 amide bonds. The maximum absolute atomic E-state index is 12.3. The van der Waals surface area contributed by atoms with Crippen LogP contribution >= 0.6 is 11.6 Å². The number of nitrogen functional groups attached to an aromatic ring is 1. The van der Waals surface area contributed by atoms with Crippen molar-refractivity contribution < 1.29 is 9.90 Å². The molecule has 1 unspecified atom stereocenters. The van der Waals surface area contributed by atoms with Crippen molar-refractivity contribution in [3.63, 3.8) is 0 Å². The quantitative estimate of drug-likeness (QED) is 0.863. The first-order chi connectivity index (χ1) is 8.99. The zero-order chi connectivity index (χ0) is 14.0.